The molecule has 0 aliphatic rings. The molecule has 0 spiro atoms. The first-order valence-corrected chi connectivity index (χ1v) is 7.82. The van der Waals surface area contributed by atoms with E-state index in [0.717, 1.165) is 30.5 Å². The minimum Gasteiger partial charge on any atom is -0.343 e. The molecule has 0 bridgehead atoms. The van der Waals surface area contributed by atoms with E-state index < -0.39 is 0 Å². The quantitative estimate of drug-likeness (QED) is 0.881. The van der Waals surface area contributed by atoms with Crippen LogP contribution in [0, 0.1) is 6.92 Å². The van der Waals surface area contributed by atoms with Crippen molar-refractivity contribution in [2.45, 2.75) is 26.9 Å². The Kier molecular flexibility index (Phi) is 4.74. The third kappa shape index (κ3) is 3.10. The lowest BCUT2D eigenvalue weighted by Gasteiger charge is -2.18. The van der Waals surface area contributed by atoms with Crippen molar-refractivity contribution in [2.75, 3.05) is 18.5 Å². The molecule has 98 valence electrons. The summed E-state index contributed by atoms with van der Waals surface area (Å²) in [5.41, 5.74) is 1.15. The maximum Gasteiger partial charge on any atom is 0.186 e. The Morgan fingerprint density at radius 2 is 2.28 bits per heavy atom. The van der Waals surface area contributed by atoms with Gasteiger partial charge in [0.1, 0.15) is 0 Å². The second-order valence-electron chi connectivity index (χ2n) is 4.13. The van der Waals surface area contributed by atoms with Crippen LogP contribution in [-0.4, -0.2) is 18.6 Å². The number of hydrogen-bond acceptors (Lipinski definition) is 5. The highest BCUT2D eigenvalue weighted by molar-refractivity contribution is 7.15. The van der Waals surface area contributed by atoms with E-state index in [-0.39, 0.29) is 0 Å². The summed E-state index contributed by atoms with van der Waals surface area (Å²) in [5.74, 6) is 0. The molecule has 2 heterocycles. The molecule has 0 unspecified atom stereocenters. The van der Waals surface area contributed by atoms with Crippen LogP contribution in [0.25, 0.3) is 0 Å². The number of nitrogens with zero attached hydrogens (tertiary/aromatic N) is 2. The number of aryl methyl sites for hydroxylation is 1. The SMILES string of the molecule is CCN(Cc1cccs1)c1nc(C)c(CNC)s1. The summed E-state index contributed by atoms with van der Waals surface area (Å²) in [6.07, 6.45) is 0. The minimum atomic E-state index is 0.903. The van der Waals surface area contributed by atoms with Crippen LogP contribution in [0.4, 0.5) is 5.13 Å². The zero-order valence-electron chi connectivity index (χ0n) is 11.1. The molecule has 0 amide bonds. The van der Waals surface area contributed by atoms with E-state index in [1.165, 1.54) is 9.75 Å². The van der Waals surface area contributed by atoms with Gasteiger partial charge in [-0.1, -0.05) is 6.07 Å². The zero-order valence-corrected chi connectivity index (χ0v) is 12.7. The Morgan fingerprint density at radius 3 is 2.89 bits per heavy atom. The molecular weight excluding hydrogens is 262 g/mol. The number of thiophene rings is 1. The van der Waals surface area contributed by atoms with Crippen molar-refractivity contribution in [3.63, 3.8) is 0 Å². The number of rotatable bonds is 6. The summed E-state index contributed by atoms with van der Waals surface area (Å²) >= 11 is 3.60. The van der Waals surface area contributed by atoms with Crippen molar-refractivity contribution in [2.24, 2.45) is 0 Å². The standard InChI is InChI=1S/C13H19N3S2/c1-4-16(9-11-6-5-7-17-11)13-15-10(2)12(18-13)8-14-3/h5-7,14H,4,8-9H2,1-3H3. The molecule has 0 saturated heterocycles. The van der Waals surface area contributed by atoms with E-state index in [2.05, 4.69) is 41.6 Å². The van der Waals surface area contributed by atoms with Gasteiger partial charge >= 0.3 is 0 Å². The summed E-state index contributed by atoms with van der Waals surface area (Å²) in [5, 5.41) is 6.46. The summed E-state index contributed by atoms with van der Waals surface area (Å²) in [6, 6.07) is 4.29. The fourth-order valence-electron chi connectivity index (χ4n) is 1.78. The number of aromatic nitrogens is 1. The topological polar surface area (TPSA) is 28.2 Å². The van der Waals surface area contributed by atoms with Gasteiger partial charge in [0.2, 0.25) is 0 Å². The van der Waals surface area contributed by atoms with Gasteiger partial charge in [-0.3, -0.25) is 0 Å². The van der Waals surface area contributed by atoms with Crippen LogP contribution < -0.4 is 10.2 Å². The van der Waals surface area contributed by atoms with E-state index in [4.69, 9.17) is 4.98 Å². The molecule has 3 nitrogen and oxygen atoms in total. The molecule has 0 aromatic carbocycles. The van der Waals surface area contributed by atoms with Crippen LogP contribution in [0.3, 0.4) is 0 Å². The Hall–Kier alpha value is -0.910. The van der Waals surface area contributed by atoms with Crippen molar-refractivity contribution in [3.8, 4) is 0 Å². The predicted octanol–water partition coefficient (Wildman–Crippen LogP) is 3.26. The maximum atomic E-state index is 4.69. The summed E-state index contributed by atoms with van der Waals surface area (Å²) in [4.78, 5) is 9.75. The normalized spacial score (nSPS) is 10.8. The van der Waals surface area contributed by atoms with Gasteiger partial charge in [0.25, 0.3) is 0 Å². The molecular formula is C13H19N3S2. The maximum absolute atomic E-state index is 4.69. The summed E-state index contributed by atoms with van der Waals surface area (Å²) in [6.45, 7) is 7.12. The molecule has 2 aromatic heterocycles. The van der Waals surface area contributed by atoms with Crippen LogP contribution in [0.15, 0.2) is 17.5 Å². The average Bonchev–Trinajstić information content (AvgIpc) is 2.97. The number of hydrogen-bond donors (Lipinski definition) is 1. The molecule has 0 radical (unpaired) electrons. The molecule has 0 fully saturated rings. The number of thiazole rings is 1. The van der Waals surface area contributed by atoms with Crippen molar-refractivity contribution in [1.29, 1.82) is 0 Å². The van der Waals surface area contributed by atoms with Crippen LogP contribution in [0.5, 0.6) is 0 Å². The first-order valence-electron chi connectivity index (χ1n) is 6.12. The molecule has 0 aliphatic carbocycles. The van der Waals surface area contributed by atoms with Gasteiger partial charge in [0.05, 0.1) is 12.2 Å². The molecule has 2 aromatic rings. The average molecular weight is 281 g/mol. The predicted molar refractivity (Wildman–Crippen MR) is 80.7 cm³/mol. The van der Waals surface area contributed by atoms with Gasteiger partial charge < -0.3 is 10.2 Å². The molecule has 0 atom stereocenters. The lowest BCUT2D eigenvalue weighted by molar-refractivity contribution is 0.819. The fraction of sp³-hybridized carbons (Fsp3) is 0.462. The molecule has 0 aliphatic heterocycles. The highest BCUT2D eigenvalue weighted by Crippen LogP contribution is 2.27. The Morgan fingerprint density at radius 1 is 1.44 bits per heavy atom. The highest BCUT2D eigenvalue weighted by atomic mass is 32.1. The molecule has 0 saturated carbocycles. The van der Waals surface area contributed by atoms with Crippen LogP contribution in [0.1, 0.15) is 22.4 Å². The molecule has 2 rings (SSSR count). The second-order valence-corrected chi connectivity index (χ2v) is 6.22. The van der Waals surface area contributed by atoms with Gasteiger partial charge in [-0.15, -0.1) is 22.7 Å². The van der Waals surface area contributed by atoms with Crippen LogP contribution in [0.2, 0.25) is 0 Å². The first-order chi connectivity index (χ1) is 8.74. The number of anilines is 1. The highest BCUT2D eigenvalue weighted by Gasteiger charge is 2.13. The fourth-order valence-corrected chi connectivity index (χ4v) is 3.63. The van der Waals surface area contributed by atoms with E-state index in [0.29, 0.717) is 0 Å². The van der Waals surface area contributed by atoms with Gasteiger partial charge in [0.15, 0.2) is 5.13 Å². The Balaban J connectivity index is 2.14. The third-order valence-corrected chi connectivity index (χ3v) is 4.88. The van der Waals surface area contributed by atoms with Crippen LogP contribution in [-0.2, 0) is 13.1 Å². The Labute approximate surface area is 116 Å². The lowest BCUT2D eigenvalue weighted by atomic mass is 10.4. The van der Waals surface area contributed by atoms with E-state index >= 15 is 0 Å². The van der Waals surface area contributed by atoms with Crippen molar-refractivity contribution in [1.82, 2.24) is 10.3 Å². The van der Waals surface area contributed by atoms with Gasteiger partial charge in [0, 0.05) is 22.8 Å². The van der Waals surface area contributed by atoms with Gasteiger partial charge in [-0.2, -0.15) is 0 Å². The number of nitrogens with one attached hydrogen (secondary N) is 1. The zero-order chi connectivity index (χ0) is 13.0. The van der Waals surface area contributed by atoms with E-state index in [9.17, 15) is 0 Å². The minimum absolute atomic E-state index is 0.903. The smallest absolute Gasteiger partial charge is 0.186 e. The summed E-state index contributed by atoms with van der Waals surface area (Å²) < 4.78 is 0. The summed E-state index contributed by atoms with van der Waals surface area (Å²) in [7, 11) is 1.97. The second kappa shape index (κ2) is 6.31. The van der Waals surface area contributed by atoms with E-state index in [1.807, 2.05) is 7.05 Å². The monoisotopic (exact) mass is 281 g/mol. The first kappa shape index (κ1) is 13.5. The van der Waals surface area contributed by atoms with E-state index in [1.54, 1.807) is 22.7 Å². The molecule has 18 heavy (non-hydrogen) atoms. The van der Waals surface area contributed by atoms with Crippen molar-refractivity contribution < 1.29 is 0 Å². The van der Waals surface area contributed by atoms with Crippen molar-refractivity contribution >= 4 is 27.8 Å². The largest absolute Gasteiger partial charge is 0.343 e. The van der Waals surface area contributed by atoms with Gasteiger partial charge in [-0.05, 0) is 32.3 Å². The Bertz CT molecular complexity index is 476. The van der Waals surface area contributed by atoms with Gasteiger partial charge in [-0.25, -0.2) is 4.98 Å². The van der Waals surface area contributed by atoms with Crippen molar-refractivity contribution in [3.05, 3.63) is 33.0 Å². The molecule has 5 heteroatoms. The third-order valence-electron chi connectivity index (χ3n) is 2.80. The van der Waals surface area contributed by atoms with Crippen LogP contribution >= 0.6 is 22.7 Å². The molecule has 1 N–H and O–H groups in total. The lowest BCUT2D eigenvalue weighted by Crippen LogP contribution is -2.21.